The number of hydrogen-bond donors (Lipinski definition) is 3. The van der Waals surface area contributed by atoms with Crippen LogP contribution in [-0.4, -0.2) is 24.0 Å². The summed E-state index contributed by atoms with van der Waals surface area (Å²) in [7, 11) is 1.54. The number of amides is 3. The third kappa shape index (κ3) is 3.82. The quantitative estimate of drug-likeness (QED) is 0.811. The van der Waals surface area contributed by atoms with Crippen molar-refractivity contribution in [3.05, 3.63) is 53.9 Å². The Morgan fingerprint density at radius 2 is 1.86 bits per heavy atom. The Hall–Kier alpha value is -2.89. The Bertz CT molecular complexity index is 685. The number of aromatic nitrogens is 1. The summed E-state index contributed by atoms with van der Waals surface area (Å²) in [4.78, 5) is 27.7. The number of anilines is 2. The molecule has 1 heterocycles. The van der Waals surface area contributed by atoms with E-state index in [0.29, 0.717) is 16.9 Å². The highest BCUT2D eigenvalue weighted by atomic mass is 16.2. The topological polar surface area (TPSA) is 83.1 Å². The summed E-state index contributed by atoms with van der Waals surface area (Å²) in [6, 6.07) is 8.34. The zero-order valence-corrected chi connectivity index (χ0v) is 12.5. The fourth-order valence-electron chi connectivity index (χ4n) is 2.00. The summed E-state index contributed by atoms with van der Waals surface area (Å²) in [6.45, 7) is 1.97. The fraction of sp³-hybridized carbons (Fsp3) is 0.188. The Balaban J connectivity index is 2.15. The average molecular weight is 298 g/mol. The van der Waals surface area contributed by atoms with E-state index in [2.05, 4.69) is 20.9 Å². The molecule has 2 rings (SSSR count). The van der Waals surface area contributed by atoms with Gasteiger partial charge >= 0.3 is 6.03 Å². The molecule has 0 aliphatic rings. The molecule has 0 radical (unpaired) electrons. The highest BCUT2D eigenvalue weighted by molar-refractivity contribution is 6.05. The number of rotatable bonds is 4. The van der Waals surface area contributed by atoms with Crippen LogP contribution in [0.4, 0.5) is 16.2 Å². The molecule has 0 bridgehead atoms. The van der Waals surface area contributed by atoms with E-state index in [1.54, 1.807) is 42.7 Å². The number of urea groups is 1. The zero-order chi connectivity index (χ0) is 15.9. The first kappa shape index (κ1) is 15.5. The molecule has 0 atom stereocenters. The first-order valence-electron chi connectivity index (χ1n) is 6.97. The van der Waals surface area contributed by atoms with Crippen LogP contribution in [0.1, 0.15) is 22.8 Å². The average Bonchev–Trinajstić information content (AvgIpc) is 2.55. The van der Waals surface area contributed by atoms with E-state index in [9.17, 15) is 9.59 Å². The minimum atomic E-state index is -0.314. The van der Waals surface area contributed by atoms with Crippen LogP contribution in [-0.2, 0) is 6.42 Å². The van der Waals surface area contributed by atoms with Crippen molar-refractivity contribution in [3.8, 4) is 0 Å². The van der Waals surface area contributed by atoms with Gasteiger partial charge in [-0.1, -0.05) is 13.0 Å². The maximum absolute atomic E-state index is 12.3. The summed E-state index contributed by atoms with van der Waals surface area (Å²) in [5, 5.41) is 7.95. The van der Waals surface area contributed by atoms with Crippen molar-refractivity contribution in [2.75, 3.05) is 17.7 Å². The number of pyridine rings is 1. The first-order valence-corrected chi connectivity index (χ1v) is 6.97. The van der Waals surface area contributed by atoms with Crippen LogP contribution in [0.25, 0.3) is 0 Å². The number of nitrogens with one attached hydrogen (secondary N) is 3. The molecule has 6 heteroatoms. The molecular formula is C16H18N4O2. The second-order valence-corrected chi connectivity index (χ2v) is 4.63. The minimum Gasteiger partial charge on any atom is -0.341 e. The molecule has 22 heavy (non-hydrogen) atoms. The molecule has 0 aliphatic carbocycles. The van der Waals surface area contributed by atoms with E-state index in [4.69, 9.17) is 0 Å². The molecule has 114 valence electrons. The third-order valence-electron chi connectivity index (χ3n) is 3.13. The number of nitrogens with zero attached hydrogens (tertiary/aromatic N) is 1. The molecule has 0 unspecified atom stereocenters. The number of hydrogen-bond acceptors (Lipinski definition) is 3. The van der Waals surface area contributed by atoms with E-state index in [1.165, 1.54) is 7.05 Å². The molecule has 1 aromatic carbocycles. The maximum Gasteiger partial charge on any atom is 0.318 e. The van der Waals surface area contributed by atoms with Crippen molar-refractivity contribution in [3.63, 3.8) is 0 Å². The number of carbonyl (C=O) groups excluding carboxylic acids is 2. The number of benzene rings is 1. The van der Waals surface area contributed by atoms with Crippen LogP contribution in [0.5, 0.6) is 0 Å². The van der Waals surface area contributed by atoms with Gasteiger partial charge in [-0.05, 0) is 36.2 Å². The van der Waals surface area contributed by atoms with E-state index in [0.717, 1.165) is 12.0 Å². The van der Waals surface area contributed by atoms with Crippen LogP contribution in [0.15, 0.2) is 42.7 Å². The van der Waals surface area contributed by atoms with Crippen LogP contribution in [0, 0.1) is 0 Å². The predicted octanol–water partition coefficient (Wildman–Crippen LogP) is 2.65. The van der Waals surface area contributed by atoms with E-state index in [-0.39, 0.29) is 11.9 Å². The Labute approximate surface area is 129 Å². The highest BCUT2D eigenvalue weighted by Crippen LogP contribution is 2.17. The monoisotopic (exact) mass is 298 g/mol. The van der Waals surface area contributed by atoms with Crippen molar-refractivity contribution in [2.24, 2.45) is 0 Å². The summed E-state index contributed by atoms with van der Waals surface area (Å²) < 4.78 is 0. The Morgan fingerprint density at radius 3 is 2.55 bits per heavy atom. The second kappa shape index (κ2) is 7.21. The SMILES string of the molecule is CCc1cnccc1C(=O)Nc1cccc(NC(=O)NC)c1. The summed E-state index contributed by atoms with van der Waals surface area (Å²) in [5.41, 5.74) is 2.70. The van der Waals surface area contributed by atoms with Gasteiger partial charge in [0.2, 0.25) is 0 Å². The van der Waals surface area contributed by atoms with Gasteiger partial charge in [0, 0.05) is 36.4 Å². The van der Waals surface area contributed by atoms with Crippen LogP contribution >= 0.6 is 0 Å². The minimum absolute atomic E-state index is 0.198. The van der Waals surface area contributed by atoms with Crippen molar-refractivity contribution in [1.29, 1.82) is 0 Å². The first-order chi connectivity index (χ1) is 10.6. The van der Waals surface area contributed by atoms with Gasteiger partial charge in [0.25, 0.3) is 5.91 Å². The van der Waals surface area contributed by atoms with E-state index < -0.39 is 0 Å². The number of carbonyl (C=O) groups is 2. The number of aryl methyl sites for hydroxylation is 1. The Kier molecular flexibility index (Phi) is 5.08. The molecule has 0 saturated carbocycles. The fourth-order valence-corrected chi connectivity index (χ4v) is 2.00. The molecule has 3 N–H and O–H groups in total. The molecule has 0 saturated heterocycles. The lowest BCUT2D eigenvalue weighted by atomic mass is 10.1. The van der Waals surface area contributed by atoms with E-state index >= 15 is 0 Å². The van der Waals surface area contributed by atoms with E-state index in [1.807, 2.05) is 6.92 Å². The lowest BCUT2D eigenvalue weighted by Gasteiger charge is -2.10. The highest BCUT2D eigenvalue weighted by Gasteiger charge is 2.10. The molecule has 2 aromatic rings. The normalized spacial score (nSPS) is 9.91. The zero-order valence-electron chi connectivity index (χ0n) is 12.5. The second-order valence-electron chi connectivity index (χ2n) is 4.63. The smallest absolute Gasteiger partial charge is 0.318 e. The van der Waals surface area contributed by atoms with Gasteiger partial charge in [0.05, 0.1) is 0 Å². The molecule has 0 fully saturated rings. The summed E-state index contributed by atoms with van der Waals surface area (Å²) >= 11 is 0. The third-order valence-corrected chi connectivity index (χ3v) is 3.13. The van der Waals surface area contributed by atoms with Gasteiger partial charge in [-0.3, -0.25) is 9.78 Å². The van der Waals surface area contributed by atoms with Gasteiger partial charge in [0.1, 0.15) is 0 Å². The standard InChI is InChI=1S/C16H18N4O2/c1-3-11-10-18-8-7-14(11)15(21)19-12-5-4-6-13(9-12)20-16(22)17-2/h4-10H,3H2,1-2H3,(H,19,21)(H2,17,20,22). The largest absolute Gasteiger partial charge is 0.341 e. The maximum atomic E-state index is 12.3. The summed E-state index contributed by atoms with van der Waals surface area (Å²) in [5.74, 6) is -0.198. The molecule has 0 aliphatic heterocycles. The van der Waals surface area contributed by atoms with Crippen molar-refractivity contribution in [1.82, 2.24) is 10.3 Å². The van der Waals surface area contributed by atoms with Gasteiger partial charge in [-0.2, -0.15) is 0 Å². The predicted molar refractivity (Wildman–Crippen MR) is 86.1 cm³/mol. The van der Waals surface area contributed by atoms with Gasteiger partial charge in [-0.15, -0.1) is 0 Å². The van der Waals surface area contributed by atoms with Crippen molar-refractivity contribution < 1.29 is 9.59 Å². The molecule has 3 amide bonds. The van der Waals surface area contributed by atoms with Crippen molar-refractivity contribution in [2.45, 2.75) is 13.3 Å². The molecule has 1 aromatic heterocycles. The summed E-state index contributed by atoms with van der Waals surface area (Å²) in [6.07, 6.45) is 4.02. The van der Waals surface area contributed by atoms with Crippen LogP contribution in [0.3, 0.4) is 0 Å². The lowest BCUT2D eigenvalue weighted by molar-refractivity contribution is 0.102. The van der Waals surface area contributed by atoms with Gasteiger partial charge in [0.15, 0.2) is 0 Å². The Morgan fingerprint density at radius 1 is 1.14 bits per heavy atom. The van der Waals surface area contributed by atoms with Crippen molar-refractivity contribution >= 4 is 23.3 Å². The molecule has 0 spiro atoms. The van der Waals surface area contributed by atoms with Crippen LogP contribution < -0.4 is 16.0 Å². The molecular weight excluding hydrogens is 280 g/mol. The lowest BCUT2D eigenvalue weighted by Crippen LogP contribution is -2.24. The molecule has 6 nitrogen and oxygen atoms in total. The van der Waals surface area contributed by atoms with Gasteiger partial charge < -0.3 is 16.0 Å². The van der Waals surface area contributed by atoms with Crippen LogP contribution in [0.2, 0.25) is 0 Å². The van der Waals surface area contributed by atoms with Gasteiger partial charge in [-0.25, -0.2) is 4.79 Å².